The number of fused-ring (bicyclic) bond motifs is 2. The molecule has 1 amide bonds. The summed E-state index contributed by atoms with van der Waals surface area (Å²) in [6, 6.07) is 14.2. The summed E-state index contributed by atoms with van der Waals surface area (Å²) in [6.45, 7) is 1.75. The highest BCUT2D eigenvalue weighted by atomic mass is 16.2. The number of nitrogens with one attached hydrogen (secondary N) is 1. The lowest BCUT2D eigenvalue weighted by Gasteiger charge is -2.22. The second kappa shape index (κ2) is 7.68. The zero-order chi connectivity index (χ0) is 21.5. The van der Waals surface area contributed by atoms with E-state index >= 15 is 0 Å². The topological polar surface area (TPSA) is 61.4 Å². The number of rotatable bonds is 5. The molecule has 0 bridgehead atoms. The number of carbonyl (C=O) groups is 1. The van der Waals surface area contributed by atoms with Gasteiger partial charge in [-0.1, -0.05) is 18.1 Å². The highest BCUT2D eigenvalue weighted by Crippen LogP contribution is 2.48. The van der Waals surface area contributed by atoms with Crippen LogP contribution in [0.3, 0.4) is 0 Å². The highest BCUT2D eigenvalue weighted by molar-refractivity contribution is 5.92. The molecule has 2 atom stereocenters. The molecule has 5 rings (SSSR count). The van der Waals surface area contributed by atoms with Crippen molar-refractivity contribution >= 4 is 28.3 Å². The molecule has 1 saturated carbocycles. The Labute approximate surface area is 182 Å². The number of aromatic nitrogens is 2. The number of likely N-dealkylation sites (tertiary alicyclic amines) is 1. The Morgan fingerprint density at radius 3 is 2.74 bits per heavy atom. The molecule has 1 aromatic heterocycles. The number of amides is 1. The van der Waals surface area contributed by atoms with Gasteiger partial charge < -0.3 is 15.1 Å². The van der Waals surface area contributed by atoms with Gasteiger partial charge in [-0.25, -0.2) is 9.97 Å². The van der Waals surface area contributed by atoms with Crippen molar-refractivity contribution < 1.29 is 4.79 Å². The van der Waals surface area contributed by atoms with Crippen molar-refractivity contribution in [2.45, 2.75) is 12.5 Å². The van der Waals surface area contributed by atoms with E-state index in [1.54, 1.807) is 0 Å². The second-order valence-corrected chi connectivity index (χ2v) is 8.68. The smallest absolute Gasteiger partial charge is 0.227 e. The molecule has 31 heavy (non-hydrogen) atoms. The summed E-state index contributed by atoms with van der Waals surface area (Å²) < 4.78 is 0. The van der Waals surface area contributed by atoms with Crippen molar-refractivity contribution in [3.63, 3.8) is 0 Å². The zero-order valence-electron chi connectivity index (χ0n) is 17.7. The quantitative estimate of drug-likeness (QED) is 0.654. The molecular formula is C25H25N5O. The molecule has 0 radical (unpaired) electrons. The summed E-state index contributed by atoms with van der Waals surface area (Å²) in [4.78, 5) is 26.0. The lowest BCUT2D eigenvalue weighted by atomic mass is 10.1. The van der Waals surface area contributed by atoms with Crippen molar-refractivity contribution in [1.82, 2.24) is 19.8 Å². The van der Waals surface area contributed by atoms with Gasteiger partial charge >= 0.3 is 0 Å². The minimum Gasteiger partial charge on any atom is -0.342 e. The van der Waals surface area contributed by atoms with Gasteiger partial charge in [0, 0.05) is 35.8 Å². The van der Waals surface area contributed by atoms with Crippen molar-refractivity contribution in [3.05, 3.63) is 59.9 Å². The second-order valence-electron chi connectivity index (χ2n) is 8.68. The summed E-state index contributed by atoms with van der Waals surface area (Å²) in [6.07, 6.45) is 7.44. The van der Waals surface area contributed by atoms with Gasteiger partial charge in [0.05, 0.1) is 11.9 Å². The summed E-state index contributed by atoms with van der Waals surface area (Å²) in [7, 11) is 4.25. The largest absolute Gasteiger partial charge is 0.342 e. The van der Waals surface area contributed by atoms with Gasteiger partial charge in [-0.15, -0.1) is 6.42 Å². The number of piperidine rings is 1. The zero-order valence-corrected chi connectivity index (χ0v) is 17.7. The fourth-order valence-corrected chi connectivity index (χ4v) is 4.89. The molecule has 156 valence electrons. The molecule has 1 saturated heterocycles. The molecule has 2 heterocycles. The maximum Gasteiger partial charge on any atom is 0.227 e. The lowest BCUT2D eigenvalue weighted by molar-refractivity contribution is -0.130. The Balaban J connectivity index is 1.33. The van der Waals surface area contributed by atoms with Crippen molar-refractivity contribution in [1.29, 1.82) is 0 Å². The van der Waals surface area contributed by atoms with Gasteiger partial charge in [0.25, 0.3) is 0 Å². The van der Waals surface area contributed by atoms with Crippen LogP contribution in [0.25, 0.3) is 10.9 Å². The maximum absolute atomic E-state index is 12.9. The monoisotopic (exact) mass is 411 g/mol. The predicted octanol–water partition coefficient (Wildman–Crippen LogP) is 2.92. The van der Waals surface area contributed by atoms with Crippen LogP contribution in [-0.4, -0.2) is 58.9 Å². The summed E-state index contributed by atoms with van der Waals surface area (Å²) in [5.74, 6) is 4.81. The van der Waals surface area contributed by atoms with Gasteiger partial charge in [0.15, 0.2) is 0 Å². The van der Waals surface area contributed by atoms with Crippen LogP contribution in [0.2, 0.25) is 0 Å². The molecule has 3 aromatic rings. The molecule has 2 aromatic carbocycles. The van der Waals surface area contributed by atoms with Crippen LogP contribution in [0.15, 0.2) is 48.8 Å². The predicted molar refractivity (Wildman–Crippen MR) is 122 cm³/mol. The summed E-state index contributed by atoms with van der Waals surface area (Å²) in [5, 5.41) is 4.22. The molecule has 2 unspecified atom stereocenters. The number of nitrogens with zero attached hydrogens (tertiary/aromatic N) is 4. The van der Waals surface area contributed by atoms with Crippen molar-refractivity contribution in [2.24, 2.45) is 11.8 Å². The van der Waals surface area contributed by atoms with E-state index in [9.17, 15) is 4.79 Å². The van der Waals surface area contributed by atoms with E-state index in [0.29, 0.717) is 30.1 Å². The van der Waals surface area contributed by atoms with Crippen LogP contribution >= 0.6 is 0 Å². The van der Waals surface area contributed by atoms with Crippen LogP contribution in [0.5, 0.6) is 0 Å². The number of terminal acetylenes is 1. The first kappa shape index (κ1) is 19.5. The van der Waals surface area contributed by atoms with Crippen LogP contribution < -0.4 is 5.32 Å². The Hall–Kier alpha value is -3.43. The number of anilines is 2. The molecule has 6 nitrogen and oxygen atoms in total. The molecule has 1 aliphatic heterocycles. The van der Waals surface area contributed by atoms with Gasteiger partial charge in [-0.2, -0.15) is 0 Å². The van der Waals surface area contributed by atoms with Crippen LogP contribution in [0.4, 0.5) is 11.5 Å². The molecule has 2 fully saturated rings. The average molecular weight is 412 g/mol. The van der Waals surface area contributed by atoms with E-state index < -0.39 is 0 Å². The number of carbonyl (C=O) groups excluding carboxylic acids is 1. The average Bonchev–Trinajstić information content (AvgIpc) is 3.29. The van der Waals surface area contributed by atoms with Gasteiger partial charge in [0.2, 0.25) is 5.91 Å². The summed E-state index contributed by atoms with van der Waals surface area (Å²) >= 11 is 0. The number of hydrogen-bond donors (Lipinski definition) is 1. The Morgan fingerprint density at radius 2 is 2.00 bits per heavy atom. The molecule has 0 spiro atoms. The van der Waals surface area contributed by atoms with E-state index in [4.69, 9.17) is 6.42 Å². The van der Waals surface area contributed by atoms with Crippen LogP contribution in [0.1, 0.15) is 11.1 Å². The first-order chi connectivity index (χ1) is 15.0. The van der Waals surface area contributed by atoms with Crippen molar-refractivity contribution in [3.8, 4) is 12.3 Å². The van der Waals surface area contributed by atoms with Crippen LogP contribution in [-0.2, 0) is 11.2 Å². The van der Waals surface area contributed by atoms with Crippen LogP contribution in [0, 0.1) is 24.2 Å². The molecule has 1 N–H and O–H groups in total. The third-order valence-electron chi connectivity index (χ3n) is 6.44. The SMILES string of the molecule is C#Cc1cccc(Nc2ncnc3ccc(CC(=O)N4CC5C(C4)C5N(C)C)cc23)c1. The van der Waals surface area contributed by atoms with Gasteiger partial charge in [-0.3, -0.25) is 4.79 Å². The first-order valence-corrected chi connectivity index (χ1v) is 10.5. The Bertz CT molecular complexity index is 1190. The third-order valence-corrected chi connectivity index (χ3v) is 6.44. The lowest BCUT2D eigenvalue weighted by Crippen LogP contribution is -2.36. The third kappa shape index (κ3) is 3.73. The molecule has 6 heteroatoms. The normalized spacial score (nSPS) is 21.7. The fraction of sp³-hybridized carbons (Fsp3) is 0.320. The standard InChI is InChI=1S/C25H25N5O/c1-4-16-6-5-7-18(10-16)28-25-19-11-17(8-9-22(19)26-15-27-25)12-23(31)30-13-20-21(14-30)24(20)29(2)3/h1,5-11,15,20-21,24H,12-14H2,2-3H3,(H,26,27,28). The molecule has 1 aliphatic carbocycles. The van der Waals surface area contributed by atoms with E-state index in [0.717, 1.165) is 40.8 Å². The first-order valence-electron chi connectivity index (χ1n) is 10.5. The summed E-state index contributed by atoms with van der Waals surface area (Å²) in [5.41, 5.74) is 3.47. The maximum atomic E-state index is 12.9. The van der Waals surface area contributed by atoms with E-state index in [1.807, 2.05) is 47.4 Å². The minimum absolute atomic E-state index is 0.192. The van der Waals surface area contributed by atoms with Gasteiger partial charge in [0.1, 0.15) is 12.1 Å². The minimum atomic E-state index is 0.192. The molecule has 2 aliphatic rings. The van der Waals surface area contributed by atoms with Gasteiger partial charge in [-0.05, 0) is 61.8 Å². The number of benzene rings is 2. The molecular weight excluding hydrogens is 386 g/mol. The fourth-order valence-electron chi connectivity index (χ4n) is 4.89. The Kier molecular flexibility index (Phi) is 4.84. The highest BCUT2D eigenvalue weighted by Gasteiger charge is 2.57. The van der Waals surface area contributed by atoms with E-state index in [1.165, 1.54) is 6.33 Å². The Morgan fingerprint density at radius 1 is 1.19 bits per heavy atom. The van der Waals surface area contributed by atoms with E-state index in [-0.39, 0.29) is 5.91 Å². The van der Waals surface area contributed by atoms with E-state index in [2.05, 4.69) is 40.2 Å². The van der Waals surface area contributed by atoms with Crippen molar-refractivity contribution in [2.75, 3.05) is 32.5 Å². The number of hydrogen-bond acceptors (Lipinski definition) is 5.